The van der Waals surface area contributed by atoms with E-state index in [2.05, 4.69) is 15.9 Å². The summed E-state index contributed by atoms with van der Waals surface area (Å²) in [5, 5.41) is 0. The summed E-state index contributed by atoms with van der Waals surface area (Å²) in [6.07, 6.45) is 0. The van der Waals surface area contributed by atoms with E-state index in [0.717, 1.165) is 21.2 Å². The van der Waals surface area contributed by atoms with E-state index in [9.17, 15) is 4.79 Å². The first-order valence-electron chi connectivity index (χ1n) is 6.05. The Hall–Kier alpha value is -1.61. The third kappa shape index (κ3) is 3.67. The number of esters is 1. The summed E-state index contributed by atoms with van der Waals surface area (Å²) < 4.78 is 6.33. The van der Waals surface area contributed by atoms with Crippen LogP contribution in [0.3, 0.4) is 0 Å². The summed E-state index contributed by atoms with van der Waals surface area (Å²) in [4.78, 5) is 12.0. The Labute approximate surface area is 121 Å². The van der Waals surface area contributed by atoms with Gasteiger partial charge in [0.05, 0.1) is 5.56 Å². The summed E-state index contributed by atoms with van der Waals surface area (Å²) in [5.74, 6) is -0.277. The summed E-state index contributed by atoms with van der Waals surface area (Å²) >= 11 is 3.37. The second kappa shape index (κ2) is 6.02. The fraction of sp³-hybridized carbons (Fsp3) is 0.188. The largest absolute Gasteiger partial charge is 0.457 e. The van der Waals surface area contributed by atoms with Crippen LogP contribution in [0.1, 0.15) is 27.0 Å². The van der Waals surface area contributed by atoms with Crippen LogP contribution in [0.2, 0.25) is 0 Å². The van der Waals surface area contributed by atoms with Crippen molar-refractivity contribution in [3.63, 3.8) is 0 Å². The van der Waals surface area contributed by atoms with E-state index in [1.54, 1.807) is 0 Å². The first-order chi connectivity index (χ1) is 9.06. The Balaban J connectivity index is 2.03. The number of carbonyl (C=O) groups is 1. The van der Waals surface area contributed by atoms with Gasteiger partial charge in [0.1, 0.15) is 6.61 Å². The fourth-order valence-corrected chi connectivity index (χ4v) is 2.11. The van der Waals surface area contributed by atoms with Gasteiger partial charge in [-0.15, -0.1) is 0 Å². The lowest BCUT2D eigenvalue weighted by Gasteiger charge is -2.08. The zero-order valence-electron chi connectivity index (χ0n) is 10.9. The van der Waals surface area contributed by atoms with E-state index in [-0.39, 0.29) is 5.97 Å². The maximum atomic E-state index is 12.0. The van der Waals surface area contributed by atoms with Crippen LogP contribution in [0.5, 0.6) is 0 Å². The van der Waals surface area contributed by atoms with Crippen molar-refractivity contribution in [2.45, 2.75) is 20.5 Å². The topological polar surface area (TPSA) is 26.3 Å². The van der Waals surface area contributed by atoms with Crippen LogP contribution in [0.4, 0.5) is 0 Å². The van der Waals surface area contributed by atoms with Gasteiger partial charge in [-0.05, 0) is 43.2 Å². The van der Waals surface area contributed by atoms with Gasteiger partial charge < -0.3 is 4.74 Å². The van der Waals surface area contributed by atoms with Gasteiger partial charge in [0, 0.05) is 4.47 Å². The minimum atomic E-state index is -0.277. The molecular weight excluding hydrogens is 304 g/mol. The van der Waals surface area contributed by atoms with Gasteiger partial charge in [0.2, 0.25) is 0 Å². The van der Waals surface area contributed by atoms with Crippen LogP contribution < -0.4 is 0 Å². The van der Waals surface area contributed by atoms with Crippen LogP contribution in [0.15, 0.2) is 46.9 Å². The van der Waals surface area contributed by atoms with Crippen molar-refractivity contribution in [1.29, 1.82) is 0 Å². The molecule has 0 atom stereocenters. The molecule has 0 N–H and O–H groups in total. The highest BCUT2D eigenvalue weighted by molar-refractivity contribution is 9.10. The average Bonchev–Trinajstić information content (AvgIpc) is 2.37. The minimum Gasteiger partial charge on any atom is -0.457 e. The van der Waals surface area contributed by atoms with E-state index in [0.29, 0.717) is 12.2 Å². The molecule has 0 heterocycles. The Kier molecular flexibility index (Phi) is 4.38. The van der Waals surface area contributed by atoms with Gasteiger partial charge >= 0.3 is 5.97 Å². The predicted molar refractivity (Wildman–Crippen MR) is 79.2 cm³/mol. The maximum Gasteiger partial charge on any atom is 0.338 e. The summed E-state index contributed by atoms with van der Waals surface area (Å²) in [7, 11) is 0. The van der Waals surface area contributed by atoms with Gasteiger partial charge in [0.25, 0.3) is 0 Å². The van der Waals surface area contributed by atoms with Crippen LogP contribution in [-0.2, 0) is 11.3 Å². The number of benzene rings is 2. The standard InChI is InChI=1S/C16H15BrO2/c1-11-3-8-15(12(2)9-11)16(18)19-10-13-4-6-14(17)7-5-13/h3-9H,10H2,1-2H3. The Morgan fingerprint density at radius 2 is 1.79 bits per heavy atom. The number of hydrogen-bond donors (Lipinski definition) is 0. The van der Waals surface area contributed by atoms with Crippen molar-refractivity contribution in [3.05, 3.63) is 69.2 Å². The zero-order chi connectivity index (χ0) is 13.8. The number of aryl methyl sites for hydroxylation is 2. The zero-order valence-corrected chi connectivity index (χ0v) is 12.5. The third-order valence-electron chi connectivity index (χ3n) is 2.89. The molecule has 0 bridgehead atoms. The van der Waals surface area contributed by atoms with Crippen LogP contribution in [-0.4, -0.2) is 5.97 Å². The molecule has 0 radical (unpaired) electrons. The van der Waals surface area contributed by atoms with Gasteiger partial charge in [0.15, 0.2) is 0 Å². The highest BCUT2D eigenvalue weighted by atomic mass is 79.9. The molecule has 0 aliphatic rings. The number of ether oxygens (including phenoxy) is 1. The number of hydrogen-bond acceptors (Lipinski definition) is 2. The lowest BCUT2D eigenvalue weighted by atomic mass is 10.1. The molecule has 2 aromatic carbocycles. The second-order valence-electron chi connectivity index (χ2n) is 4.52. The molecule has 0 spiro atoms. The molecule has 0 amide bonds. The van der Waals surface area contributed by atoms with Crippen molar-refractivity contribution < 1.29 is 9.53 Å². The predicted octanol–water partition coefficient (Wildman–Crippen LogP) is 4.42. The molecule has 0 aromatic heterocycles. The average molecular weight is 319 g/mol. The highest BCUT2D eigenvalue weighted by Crippen LogP contribution is 2.14. The Bertz CT molecular complexity index is 588. The fourth-order valence-electron chi connectivity index (χ4n) is 1.85. The smallest absolute Gasteiger partial charge is 0.338 e. The maximum absolute atomic E-state index is 12.0. The number of halogens is 1. The molecule has 2 rings (SSSR count). The van der Waals surface area contributed by atoms with E-state index in [4.69, 9.17) is 4.74 Å². The summed E-state index contributed by atoms with van der Waals surface area (Å²) in [6.45, 7) is 4.21. The molecule has 0 aliphatic heterocycles. The molecule has 0 saturated carbocycles. The molecular formula is C16H15BrO2. The van der Waals surface area contributed by atoms with Crippen molar-refractivity contribution in [1.82, 2.24) is 0 Å². The molecule has 0 aliphatic carbocycles. The molecule has 2 nitrogen and oxygen atoms in total. The Morgan fingerprint density at radius 1 is 1.11 bits per heavy atom. The van der Waals surface area contributed by atoms with Crippen molar-refractivity contribution in [3.8, 4) is 0 Å². The van der Waals surface area contributed by atoms with Gasteiger partial charge in [-0.3, -0.25) is 0 Å². The molecule has 98 valence electrons. The Morgan fingerprint density at radius 3 is 2.42 bits per heavy atom. The summed E-state index contributed by atoms with van der Waals surface area (Å²) in [6, 6.07) is 13.4. The van der Waals surface area contributed by atoms with Gasteiger partial charge in [-0.1, -0.05) is 45.8 Å². The van der Waals surface area contributed by atoms with Crippen molar-refractivity contribution in [2.75, 3.05) is 0 Å². The molecule has 0 saturated heterocycles. The normalized spacial score (nSPS) is 10.3. The minimum absolute atomic E-state index is 0.277. The van der Waals surface area contributed by atoms with Crippen LogP contribution in [0, 0.1) is 13.8 Å². The molecule has 2 aromatic rings. The third-order valence-corrected chi connectivity index (χ3v) is 3.41. The van der Waals surface area contributed by atoms with Crippen LogP contribution >= 0.6 is 15.9 Å². The molecule has 0 fully saturated rings. The van der Waals surface area contributed by atoms with Gasteiger partial charge in [-0.25, -0.2) is 4.79 Å². The van der Waals surface area contributed by atoms with Crippen LogP contribution in [0.25, 0.3) is 0 Å². The molecule has 0 unspecified atom stereocenters. The van der Waals surface area contributed by atoms with E-state index in [1.165, 1.54) is 0 Å². The number of rotatable bonds is 3. The summed E-state index contributed by atoms with van der Waals surface area (Å²) in [5.41, 5.74) is 3.69. The highest BCUT2D eigenvalue weighted by Gasteiger charge is 2.10. The molecule has 19 heavy (non-hydrogen) atoms. The SMILES string of the molecule is Cc1ccc(C(=O)OCc2ccc(Br)cc2)c(C)c1. The van der Waals surface area contributed by atoms with Gasteiger partial charge in [-0.2, -0.15) is 0 Å². The van der Waals surface area contributed by atoms with E-state index < -0.39 is 0 Å². The number of carbonyl (C=O) groups excluding carboxylic acids is 1. The second-order valence-corrected chi connectivity index (χ2v) is 5.44. The lowest BCUT2D eigenvalue weighted by molar-refractivity contribution is 0.0472. The van der Waals surface area contributed by atoms with E-state index >= 15 is 0 Å². The first kappa shape index (κ1) is 13.8. The first-order valence-corrected chi connectivity index (χ1v) is 6.84. The molecule has 3 heteroatoms. The van der Waals surface area contributed by atoms with Crippen molar-refractivity contribution in [2.24, 2.45) is 0 Å². The monoisotopic (exact) mass is 318 g/mol. The van der Waals surface area contributed by atoms with Crippen molar-refractivity contribution >= 4 is 21.9 Å². The quantitative estimate of drug-likeness (QED) is 0.783. The lowest BCUT2D eigenvalue weighted by Crippen LogP contribution is -2.07. The van der Waals surface area contributed by atoms with E-state index in [1.807, 2.05) is 56.3 Å².